The minimum Gasteiger partial charge on any atom is -0.489 e. The molecule has 3 aromatic rings. The molecule has 0 saturated carbocycles. The first-order valence-electron chi connectivity index (χ1n) is 11.4. The van der Waals surface area contributed by atoms with Gasteiger partial charge in [0, 0.05) is 25.4 Å². The number of nitrogens with one attached hydrogen (secondary N) is 1. The molecular weight excluding hydrogens is 432 g/mol. The quantitative estimate of drug-likeness (QED) is 0.598. The number of rotatable bonds is 6. The van der Waals surface area contributed by atoms with Crippen molar-refractivity contribution in [2.75, 3.05) is 18.0 Å². The van der Waals surface area contributed by atoms with Gasteiger partial charge in [0.05, 0.1) is 17.9 Å². The lowest BCUT2D eigenvalue weighted by Gasteiger charge is -2.22. The molecule has 1 amide bonds. The highest BCUT2D eigenvalue weighted by Crippen LogP contribution is 2.20. The summed E-state index contributed by atoms with van der Waals surface area (Å²) in [5, 5.41) is 2.92. The van der Waals surface area contributed by atoms with Crippen LogP contribution in [0, 0.1) is 0 Å². The zero-order valence-electron chi connectivity index (χ0n) is 19.7. The standard InChI is InChI=1S/C26H30N4O4/c1-26(2,3)34-25(32)28-20-11-13-29(17-20)23-10-9-21(16-27-23)30-14-12-22(15-24(30)31)33-18-19-7-5-4-6-8-19/h4-10,12,14-16,20H,11,13,17-18H2,1-3H3,(H,28,32)/t20-/m1/s1. The van der Waals surface area contributed by atoms with E-state index in [9.17, 15) is 9.59 Å². The van der Waals surface area contributed by atoms with Crippen molar-refractivity contribution < 1.29 is 14.3 Å². The smallest absolute Gasteiger partial charge is 0.407 e. The number of anilines is 1. The number of pyridine rings is 2. The van der Waals surface area contributed by atoms with Crippen LogP contribution in [0.1, 0.15) is 32.8 Å². The Morgan fingerprint density at radius 3 is 2.62 bits per heavy atom. The lowest BCUT2D eigenvalue weighted by molar-refractivity contribution is 0.0509. The molecule has 0 radical (unpaired) electrons. The molecule has 34 heavy (non-hydrogen) atoms. The van der Waals surface area contributed by atoms with Crippen LogP contribution in [-0.4, -0.2) is 40.4 Å². The first-order chi connectivity index (χ1) is 16.3. The van der Waals surface area contributed by atoms with E-state index in [0.29, 0.717) is 24.6 Å². The van der Waals surface area contributed by atoms with Crippen LogP contribution in [0.4, 0.5) is 10.6 Å². The van der Waals surface area contributed by atoms with Crippen molar-refractivity contribution in [3.8, 4) is 11.4 Å². The van der Waals surface area contributed by atoms with Gasteiger partial charge < -0.3 is 19.7 Å². The molecule has 1 saturated heterocycles. The number of benzene rings is 1. The van der Waals surface area contributed by atoms with Crippen LogP contribution in [0.25, 0.3) is 5.69 Å². The Hall–Kier alpha value is -3.81. The molecule has 3 heterocycles. The molecule has 2 aromatic heterocycles. The third kappa shape index (κ3) is 6.15. The molecule has 0 spiro atoms. The normalized spacial score (nSPS) is 15.7. The fraction of sp³-hybridized carbons (Fsp3) is 0.346. The van der Waals surface area contributed by atoms with E-state index in [-0.39, 0.29) is 11.6 Å². The number of carbonyl (C=O) groups excluding carboxylic acids is 1. The minimum absolute atomic E-state index is 0.00220. The van der Waals surface area contributed by atoms with Gasteiger partial charge in [0.25, 0.3) is 5.56 Å². The number of carbonyl (C=O) groups is 1. The van der Waals surface area contributed by atoms with Gasteiger partial charge >= 0.3 is 6.09 Å². The molecule has 178 valence electrons. The van der Waals surface area contributed by atoms with Crippen LogP contribution in [0.3, 0.4) is 0 Å². The summed E-state index contributed by atoms with van der Waals surface area (Å²) in [4.78, 5) is 31.3. The van der Waals surface area contributed by atoms with Crippen LogP contribution in [-0.2, 0) is 11.3 Å². The molecule has 1 aromatic carbocycles. The molecule has 1 fully saturated rings. The predicted molar refractivity (Wildman–Crippen MR) is 131 cm³/mol. The fourth-order valence-corrected chi connectivity index (χ4v) is 3.77. The molecule has 1 aliphatic rings. The van der Waals surface area contributed by atoms with Crippen molar-refractivity contribution in [3.63, 3.8) is 0 Å². The number of aromatic nitrogens is 2. The van der Waals surface area contributed by atoms with Crippen LogP contribution in [0.2, 0.25) is 0 Å². The molecule has 4 rings (SSSR count). The molecule has 1 aliphatic heterocycles. The maximum Gasteiger partial charge on any atom is 0.407 e. The minimum atomic E-state index is -0.524. The van der Waals surface area contributed by atoms with E-state index in [2.05, 4.69) is 15.2 Å². The first-order valence-corrected chi connectivity index (χ1v) is 11.4. The lowest BCUT2D eigenvalue weighted by atomic mass is 10.2. The Bertz CT molecular complexity index is 1170. The Morgan fingerprint density at radius 2 is 1.94 bits per heavy atom. The number of hydrogen-bond donors (Lipinski definition) is 1. The molecule has 8 nitrogen and oxygen atoms in total. The van der Waals surface area contributed by atoms with E-state index in [1.165, 1.54) is 10.6 Å². The van der Waals surface area contributed by atoms with Crippen molar-refractivity contribution >= 4 is 11.9 Å². The second kappa shape index (κ2) is 9.99. The van der Waals surface area contributed by atoms with Crippen LogP contribution < -0.4 is 20.5 Å². The van der Waals surface area contributed by atoms with Crippen LogP contribution in [0.15, 0.2) is 71.8 Å². The Balaban J connectivity index is 1.35. The van der Waals surface area contributed by atoms with E-state index in [4.69, 9.17) is 9.47 Å². The van der Waals surface area contributed by atoms with Crippen molar-refractivity contribution in [2.24, 2.45) is 0 Å². The summed E-state index contributed by atoms with van der Waals surface area (Å²) in [6, 6.07) is 16.8. The third-order valence-electron chi connectivity index (χ3n) is 5.38. The summed E-state index contributed by atoms with van der Waals surface area (Å²) in [6.07, 6.45) is 3.77. The number of amides is 1. The zero-order valence-corrected chi connectivity index (χ0v) is 19.7. The van der Waals surface area contributed by atoms with E-state index >= 15 is 0 Å². The monoisotopic (exact) mass is 462 g/mol. The number of hydrogen-bond acceptors (Lipinski definition) is 6. The Morgan fingerprint density at radius 1 is 1.15 bits per heavy atom. The number of nitrogens with zero attached hydrogens (tertiary/aromatic N) is 3. The third-order valence-corrected chi connectivity index (χ3v) is 5.38. The maximum atomic E-state index is 12.6. The van der Waals surface area contributed by atoms with Gasteiger partial charge in [-0.1, -0.05) is 30.3 Å². The summed E-state index contributed by atoms with van der Waals surface area (Å²) in [5.74, 6) is 1.32. The van der Waals surface area contributed by atoms with E-state index in [0.717, 1.165) is 24.3 Å². The van der Waals surface area contributed by atoms with E-state index in [1.807, 2.05) is 63.2 Å². The van der Waals surface area contributed by atoms with E-state index < -0.39 is 11.7 Å². The highest BCUT2D eigenvalue weighted by Gasteiger charge is 2.26. The summed E-state index contributed by atoms with van der Waals surface area (Å²) >= 11 is 0. The summed E-state index contributed by atoms with van der Waals surface area (Å²) in [5.41, 5.74) is 0.996. The number of alkyl carbamates (subject to hydrolysis) is 1. The lowest BCUT2D eigenvalue weighted by Crippen LogP contribution is -2.40. The van der Waals surface area contributed by atoms with Gasteiger partial charge in [-0.2, -0.15) is 0 Å². The fourth-order valence-electron chi connectivity index (χ4n) is 3.77. The molecule has 0 aliphatic carbocycles. The number of ether oxygens (including phenoxy) is 2. The van der Waals surface area contributed by atoms with Crippen LogP contribution >= 0.6 is 0 Å². The molecular formula is C26H30N4O4. The van der Waals surface area contributed by atoms with Gasteiger partial charge in [-0.3, -0.25) is 9.36 Å². The van der Waals surface area contributed by atoms with Gasteiger partial charge in [-0.25, -0.2) is 9.78 Å². The van der Waals surface area contributed by atoms with Gasteiger partial charge in [-0.05, 0) is 51.0 Å². The van der Waals surface area contributed by atoms with Gasteiger partial charge in [0.1, 0.15) is 23.8 Å². The average molecular weight is 463 g/mol. The van der Waals surface area contributed by atoms with Gasteiger partial charge in [-0.15, -0.1) is 0 Å². The highest BCUT2D eigenvalue weighted by molar-refractivity contribution is 5.68. The van der Waals surface area contributed by atoms with Crippen molar-refractivity contribution in [1.29, 1.82) is 0 Å². The Labute approximate surface area is 199 Å². The zero-order chi connectivity index (χ0) is 24.1. The van der Waals surface area contributed by atoms with Crippen LogP contribution in [0.5, 0.6) is 5.75 Å². The van der Waals surface area contributed by atoms with E-state index in [1.54, 1.807) is 18.5 Å². The predicted octanol–water partition coefficient (Wildman–Crippen LogP) is 3.91. The Kier molecular flexibility index (Phi) is 6.86. The van der Waals surface area contributed by atoms with Gasteiger partial charge in [0.15, 0.2) is 0 Å². The molecule has 0 bridgehead atoms. The molecule has 8 heteroatoms. The maximum absolute atomic E-state index is 12.6. The average Bonchev–Trinajstić information content (AvgIpc) is 3.25. The second-order valence-corrected chi connectivity index (χ2v) is 9.30. The summed E-state index contributed by atoms with van der Waals surface area (Å²) in [7, 11) is 0. The molecule has 0 unspecified atom stereocenters. The van der Waals surface area contributed by atoms with Crippen molar-refractivity contribution in [1.82, 2.24) is 14.9 Å². The highest BCUT2D eigenvalue weighted by atomic mass is 16.6. The van der Waals surface area contributed by atoms with Gasteiger partial charge in [0.2, 0.25) is 0 Å². The van der Waals surface area contributed by atoms with Crippen molar-refractivity contribution in [2.45, 2.75) is 45.4 Å². The second-order valence-electron chi connectivity index (χ2n) is 9.30. The summed E-state index contributed by atoms with van der Waals surface area (Å²) in [6.45, 7) is 7.36. The molecule has 1 atom stereocenters. The summed E-state index contributed by atoms with van der Waals surface area (Å²) < 4.78 is 12.6. The van der Waals surface area contributed by atoms with Crippen molar-refractivity contribution in [3.05, 3.63) is 82.9 Å². The first kappa shape index (κ1) is 23.4. The molecule has 1 N–H and O–H groups in total. The topological polar surface area (TPSA) is 85.7 Å². The largest absolute Gasteiger partial charge is 0.489 e. The SMILES string of the molecule is CC(C)(C)OC(=O)N[C@@H]1CCN(c2ccc(-n3ccc(OCc4ccccc4)cc3=O)cn2)C1.